The Labute approximate surface area is 179 Å². The first-order valence-corrected chi connectivity index (χ1v) is 10.1. The number of carbonyl (C=O) groups is 3. The quantitative estimate of drug-likeness (QED) is 0.509. The molecule has 1 aromatic heterocycles. The van der Waals surface area contributed by atoms with Crippen LogP contribution in [0.25, 0.3) is 10.9 Å². The molecule has 0 radical (unpaired) electrons. The number of H-pyrrole nitrogens is 1. The van der Waals surface area contributed by atoms with Crippen molar-refractivity contribution in [2.24, 2.45) is 5.92 Å². The number of benzene rings is 2. The van der Waals surface area contributed by atoms with Crippen LogP contribution in [0, 0.1) is 5.92 Å². The fourth-order valence-corrected chi connectivity index (χ4v) is 3.80. The van der Waals surface area contributed by atoms with Crippen LogP contribution in [0.5, 0.6) is 5.75 Å². The van der Waals surface area contributed by atoms with Gasteiger partial charge in [-0.15, -0.1) is 0 Å². The number of ether oxygens (including phenoxy) is 1. The van der Waals surface area contributed by atoms with Crippen molar-refractivity contribution in [3.63, 3.8) is 0 Å². The number of hydrogen-bond donors (Lipinski definition) is 3. The molecule has 1 aliphatic rings. The molecule has 3 aromatic rings. The van der Waals surface area contributed by atoms with Gasteiger partial charge >= 0.3 is 0 Å². The van der Waals surface area contributed by atoms with E-state index in [1.54, 1.807) is 36.4 Å². The molecule has 1 unspecified atom stereocenters. The average Bonchev–Trinajstić information content (AvgIpc) is 3.43. The zero-order valence-electron chi connectivity index (χ0n) is 17.2. The Hall–Kier alpha value is -3.81. The summed E-state index contributed by atoms with van der Waals surface area (Å²) in [6.07, 6.45) is 1.95. The van der Waals surface area contributed by atoms with Crippen molar-refractivity contribution >= 4 is 34.3 Å². The number of anilines is 1. The Balaban J connectivity index is 1.27. The third kappa shape index (κ3) is 4.37. The fourth-order valence-electron chi connectivity index (χ4n) is 3.80. The number of methoxy groups -OCH3 is 1. The van der Waals surface area contributed by atoms with E-state index in [1.807, 2.05) is 30.3 Å². The van der Waals surface area contributed by atoms with Crippen LogP contribution in [0.15, 0.2) is 54.7 Å². The molecule has 8 heteroatoms. The summed E-state index contributed by atoms with van der Waals surface area (Å²) in [5.74, 6) is -0.256. The molecule has 0 saturated carbocycles. The highest BCUT2D eigenvalue weighted by atomic mass is 16.5. The Morgan fingerprint density at radius 3 is 2.77 bits per heavy atom. The van der Waals surface area contributed by atoms with Gasteiger partial charge in [-0.25, -0.2) is 0 Å². The van der Waals surface area contributed by atoms with Crippen LogP contribution in [0.1, 0.15) is 16.8 Å². The highest BCUT2D eigenvalue weighted by Crippen LogP contribution is 2.28. The predicted octanol–water partition coefficient (Wildman–Crippen LogP) is 2.08. The number of aromatic amines is 1. The van der Waals surface area contributed by atoms with Crippen molar-refractivity contribution in [3.8, 4) is 5.75 Å². The maximum atomic E-state index is 12.5. The van der Waals surface area contributed by atoms with E-state index in [0.29, 0.717) is 30.1 Å². The van der Waals surface area contributed by atoms with Crippen molar-refractivity contribution < 1.29 is 19.1 Å². The lowest BCUT2D eigenvalue weighted by molar-refractivity contribution is -0.126. The maximum absolute atomic E-state index is 12.5. The summed E-state index contributed by atoms with van der Waals surface area (Å²) in [6.45, 7) is 0.906. The minimum absolute atomic E-state index is 0.0960. The van der Waals surface area contributed by atoms with Crippen molar-refractivity contribution in [3.05, 3.63) is 60.3 Å². The Bertz CT molecular complexity index is 1120. The molecule has 1 atom stereocenters. The summed E-state index contributed by atoms with van der Waals surface area (Å²) in [5.41, 5.74) is 2.19. The molecule has 1 fully saturated rings. The lowest BCUT2D eigenvalue weighted by Gasteiger charge is -2.17. The van der Waals surface area contributed by atoms with Crippen LogP contribution in [0.2, 0.25) is 0 Å². The highest BCUT2D eigenvalue weighted by molar-refractivity contribution is 6.06. The predicted molar refractivity (Wildman–Crippen MR) is 117 cm³/mol. The Morgan fingerprint density at radius 1 is 1.13 bits per heavy atom. The number of fused-ring (bicyclic) bond motifs is 1. The number of nitrogens with one attached hydrogen (secondary N) is 3. The van der Waals surface area contributed by atoms with E-state index in [9.17, 15) is 14.4 Å². The van der Waals surface area contributed by atoms with Gasteiger partial charge in [0, 0.05) is 60.5 Å². The van der Waals surface area contributed by atoms with Crippen LogP contribution in [0.4, 0.5) is 5.69 Å². The number of aromatic nitrogens is 1. The second kappa shape index (κ2) is 8.91. The largest absolute Gasteiger partial charge is 0.497 e. The molecule has 3 amide bonds. The molecule has 1 aliphatic heterocycles. The lowest BCUT2D eigenvalue weighted by atomic mass is 10.1. The van der Waals surface area contributed by atoms with Gasteiger partial charge in [-0.2, -0.15) is 0 Å². The molecule has 3 N–H and O–H groups in total. The summed E-state index contributed by atoms with van der Waals surface area (Å²) in [4.78, 5) is 42.0. The van der Waals surface area contributed by atoms with Gasteiger partial charge in [-0.3, -0.25) is 14.4 Å². The molecule has 4 rings (SSSR count). The van der Waals surface area contributed by atoms with Crippen LogP contribution in [-0.4, -0.2) is 49.4 Å². The normalized spacial score (nSPS) is 15.8. The van der Waals surface area contributed by atoms with Gasteiger partial charge in [0.25, 0.3) is 5.91 Å². The molecule has 160 valence electrons. The van der Waals surface area contributed by atoms with Crippen LogP contribution in [0.3, 0.4) is 0 Å². The number of nitrogens with zero attached hydrogens (tertiary/aromatic N) is 1. The minimum atomic E-state index is -0.428. The van der Waals surface area contributed by atoms with Gasteiger partial charge in [-0.1, -0.05) is 12.1 Å². The van der Waals surface area contributed by atoms with E-state index < -0.39 is 5.92 Å². The van der Waals surface area contributed by atoms with Crippen LogP contribution < -0.4 is 20.3 Å². The van der Waals surface area contributed by atoms with Gasteiger partial charge in [0.05, 0.1) is 13.0 Å². The first kappa shape index (κ1) is 20.5. The van der Waals surface area contributed by atoms with Gasteiger partial charge in [-0.05, 0) is 30.3 Å². The third-order valence-electron chi connectivity index (χ3n) is 5.41. The third-order valence-corrected chi connectivity index (χ3v) is 5.41. The van der Waals surface area contributed by atoms with Crippen LogP contribution in [-0.2, 0) is 9.59 Å². The van der Waals surface area contributed by atoms with E-state index in [2.05, 4.69) is 15.6 Å². The molecule has 31 heavy (non-hydrogen) atoms. The minimum Gasteiger partial charge on any atom is -0.497 e. The summed E-state index contributed by atoms with van der Waals surface area (Å²) in [6, 6.07) is 14.6. The molecule has 0 spiro atoms. The van der Waals surface area contributed by atoms with Crippen molar-refractivity contribution in [1.82, 2.24) is 15.6 Å². The summed E-state index contributed by atoms with van der Waals surface area (Å²) < 4.78 is 5.21. The number of carbonyl (C=O) groups excluding carboxylic acids is 3. The second-order valence-corrected chi connectivity index (χ2v) is 7.40. The van der Waals surface area contributed by atoms with Gasteiger partial charge < -0.3 is 25.3 Å². The summed E-state index contributed by atoms with van der Waals surface area (Å²) in [7, 11) is 1.57. The van der Waals surface area contributed by atoms with Crippen molar-refractivity contribution in [2.75, 3.05) is 31.6 Å². The summed E-state index contributed by atoms with van der Waals surface area (Å²) >= 11 is 0. The molecule has 2 aromatic carbocycles. The zero-order valence-corrected chi connectivity index (χ0v) is 17.2. The average molecular weight is 420 g/mol. The van der Waals surface area contributed by atoms with E-state index >= 15 is 0 Å². The van der Waals surface area contributed by atoms with E-state index in [1.165, 1.54) is 0 Å². The fraction of sp³-hybridized carbons (Fsp3) is 0.261. The monoisotopic (exact) mass is 420 g/mol. The topological polar surface area (TPSA) is 104 Å². The van der Waals surface area contributed by atoms with Crippen molar-refractivity contribution in [1.29, 1.82) is 0 Å². The second-order valence-electron chi connectivity index (χ2n) is 7.40. The SMILES string of the molecule is COc1cccc(N2CC(C(=O)NCCNC(=O)c3cccc4[nH]ccc34)CC2=O)c1. The highest BCUT2D eigenvalue weighted by Gasteiger charge is 2.35. The zero-order chi connectivity index (χ0) is 21.8. The molecule has 8 nitrogen and oxygen atoms in total. The van der Waals surface area contributed by atoms with Gasteiger partial charge in [0.15, 0.2) is 0 Å². The molecule has 1 saturated heterocycles. The Kier molecular flexibility index (Phi) is 5.88. The van der Waals surface area contributed by atoms with Gasteiger partial charge in [0.1, 0.15) is 5.75 Å². The Morgan fingerprint density at radius 2 is 1.94 bits per heavy atom. The molecule has 0 aliphatic carbocycles. The molecule has 2 heterocycles. The number of amides is 3. The van der Waals surface area contributed by atoms with E-state index in [-0.39, 0.29) is 30.7 Å². The van der Waals surface area contributed by atoms with Gasteiger partial charge in [0.2, 0.25) is 11.8 Å². The van der Waals surface area contributed by atoms with E-state index in [0.717, 1.165) is 10.9 Å². The number of rotatable bonds is 7. The maximum Gasteiger partial charge on any atom is 0.252 e. The van der Waals surface area contributed by atoms with E-state index in [4.69, 9.17) is 4.74 Å². The lowest BCUT2D eigenvalue weighted by Crippen LogP contribution is -2.38. The smallest absolute Gasteiger partial charge is 0.252 e. The number of hydrogen-bond acceptors (Lipinski definition) is 4. The first-order chi connectivity index (χ1) is 15.1. The molecule has 0 bridgehead atoms. The first-order valence-electron chi connectivity index (χ1n) is 10.1. The molecular formula is C23H24N4O4. The van der Waals surface area contributed by atoms with Crippen LogP contribution >= 0.6 is 0 Å². The summed E-state index contributed by atoms with van der Waals surface area (Å²) in [5, 5.41) is 6.49. The van der Waals surface area contributed by atoms with Crippen molar-refractivity contribution in [2.45, 2.75) is 6.42 Å². The standard InChI is InChI=1S/C23H24N4O4/c1-31-17-5-2-4-16(13-17)27-14-15(12-21(27)28)22(29)25-10-11-26-23(30)19-6-3-7-20-18(19)8-9-24-20/h2-9,13,15,24H,10-12,14H2,1H3,(H,25,29)(H,26,30). The molecular weight excluding hydrogens is 396 g/mol.